The van der Waals surface area contributed by atoms with Crippen LogP contribution in [0.4, 0.5) is 0 Å². The first kappa shape index (κ1) is 11.2. The smallest absolute Gasteiger partial charge is 0.00930 e. The predicted molar refractivity (Wildman–Crippen MR) is 80.4 cm³/mol. The van der Waals surface area contributed by atoms with Gasteiger partial charge in [-0.1, -0.05) is 0 Å². The molecule has 0 N–H and O–H groups in total. The Hall–Kier alpha value is -0.900. The maximum absolute atomic E-state index is 2.27. The molecule has 0 atom stereocenters. The van der Waals surface area contributed by atoms with Crippen molar-refractivity contribution in [1.29, 1.82) is 0 Å². The molecule has 3 rings (SSSR count). The highest BCUT2D eigenvalue weighted by molar-refractivity contribution is 7.11. The van der Waals surface area contributed by atoms with Crippen LogP contribution in [0.2, 0.25) is 0 Å². The van der Waals surface area contributed by atoms with Crippen LogP contribution in [0.3, 0.4) is 0 Å². The predicted octanol–water partition coefficient (Wildman–Crippen LogP) is 5.82. The van der Waals surface area contributed by atoms with Crippen molar-refractivity contribution < 1.29 is 0 Å². The van der Waals surface area contributed by atoms with Crippen LogP contribution in [0.15, 0.2) is 33.7 Å². The van der Waals surface area contributed by atoms with E-state index in [9.17, 15) is 0 Å². The molecule has 0 unspecified atom stereocenters. The van der Waals surface area contributed by atoms with Crippen molar-refractivity contribution in [2.24, 2.45) is 0 Å². The molecule has 0 radical (unpaired) electrons. The summed E-state index contributed by atoms with van der Waals surface area (Å²) in [5.74, 6) is 0. The zero-order chi connectivity index (χ0) is 11.8. The summed E-state index contributed by atoms with van der Waals surface area (Å²) in [6, 6.07) is 4.46. The van der Waals surface area contributed by atoms with Crippen LogP contribution in [0.1, 0.15) is 9.75 Å². The number of aryl methyl sites for hydroxylation is 2. The lowest BCUT2D eigenvalue weighted by Crippen LogP contribution is -1.79. The monoisotopic (exact) mass is 276 g/mol. The van der Waals surface area contributed by atoms with Crippen molar-refractivity contribution in [3.63, 3.8) is 0 Å². The molecule has 86 valence electrons. The molecular formula is C14H12S3. The minimum atomic E-state index is 1.38. The van der Waals surface area contributed by atoms with Crippen molar-refractivity contribution in [3.05, 3.63) is 43.4 Å². The molecule has 3 aromatic heterocycles. The SMILES string of the molecule is Cc1sccc1-c1cscc1-c1ccsc1C. The van der Waals surface area contributed by atoms with Crippen LogP contribution in [0, 0.1) is 13.8 Å². The van der Waals surface area contributed by atoms with Gasteiger partial charge in [0.15, 0.2) is 0 Å². The highest BCUT2D eigenvalue weighted by atomic mass is 32.1. The summed E-state index contributed by atoms with van der Waals surface area (Å²) in [5, 5.41) is 8.88. The Morgan fingerprint density at radius 3 is 1.53 bits per heavy atom. The van der Waals surface area contributed by atoms with Gasteiger partial charge in [-0.3, -0.25) is 0 Å². The highest BCUT2D eigenvalue weighted by Crippen LogP contribution is 2.40. The van der Waals surface area contributed by atoms with E-state index in [1.807, 2.05) is 22.7 Å². The molecule has 0 aromatic carbocycles. The standard InChI is InChI=1S/C14H12S3/c1-9-11(3-5-16-9)13-7-15-8-14(13)12-4-6-17-10(12)2/h3-8H,1-2H3. The van der Waals surface area contributed by atoms with E-state index in [1.54, 1.807) is 11.3 Å². The molecular weight excluding hydrogens is 264 g/mol. The maximum Gasteiger partial charge on any atom is 0.00930 e. The molecule has 17 heavy (non-hydrogen) atoms. The Kier molecular flexibility index (Phi) is 2.90. The summed E-state index contributed by atoms with van der Waals surface area (Å²) in [5.41, 5.74) is 5.54. The average Bonchev–Trinajstić information content (AvgIpc) is 2.97. The Morgan fingerprint density at radius 1 is 0.706 bits per heavy atom. The topological polar surface area (TPSA) is 0 Å². The number of rotatable bonds is 2. The third-order valence-corrected chi connectivity index (χ3v) is 5.39. The van der Waals surface area contributed by atoms with Gasteiger partial charge in [-0.15, -0.1) is 22.7 Å². The summed E-state index contributed by atoms with van der Waals surface area (Å²) >= 11 is 5.43. The lowest BCUT2D eigenvalue weighted by Gasteiger charge is -2.03. The molecule has 0 amide bonds. The molecule has 0 saturated heterocycles. The fraction of sp³-hybridized carbons (Fsp3) is 0.143. The molecule has 0 fully saturated rings. The van der Waals surface area contributed by atoms with E-state index in [-0.39, 0.29) is 0 Å². The van der Waals surface area contributed by atoms with E-state index in [2.05, 4.69) is 47.5 Å². The van der Waals surface area contributed by atoms with Crippen molar-refractivity contribution in [2.45, 2.75) is 13.8 Å². The van der Waals surface area contributed by atoms with E-state index in [0.717, 1.165) is 0 Å². The summed E-state index contributed by atoms with van der Waals surface area (Å²) in [6.07, 6.45) is 0. The van der Waals surface area contributed by atoms with E-state index >= 15 is 0 Å². The molecule has 0 nitrogen and oxygen atoms in total. The first-order valence-corrected chi connectivity index (χ1v) is 8.12. The van der Waals surface area contributed by atoms with Gasteiger partial charge in [0.1, 0.15) is 0 Å². The van der Waals surface area contributed by atoms with Gasteiger partial charge in [-0.05, 0) is 58.6 Å². The Labute approximate surface area is 113 Å². The number of thiophene rings is 3. The molecule has 0 bridgehead atoms. The summed E-state index contributed by atoms with van der Waals surface area (Å²) < 4.78 is 0. The second kappa shape index (κ2) is 4.41. The van der Waals surface area contributed by atoms with Crippen LogP contribution in [0.25, 0.3) is 22.3 Å². The minimum absolute atomic E-state index is 1.38. The summed E-state index contributed by atoms with van der Waals surface area (Å²) in [4.78, 5) is 2.80. The molecule has 0 saturated carbocycles. The van der Waals surface area contributed by atoms with Gasteiger partial charge in [-0.2, -0.15) is 11.3 Å². The Balaban J connectivity index is 2.19. The van der Waals surface area contributed by atoms with Crippen LogP contribution in [-0.2, 0) is 0 Å². The number of hydrogen-bond donors (Lipinski definition) is 0. The first-order chi connectivity index (χ1) is 8.27. The van der Waals surface area contributed by atoms with Crippen LogP contribution in [0.5, 0.6) is 0 Å². The lowest BCUT2D eigenvalue weighted by molar-refractivity contribution is 1.59. The van der Waals surface area contributed by atoms with Crippen molar-refractivity contribution in [2.75, 3.05) is 0 Å². The van der Waals surface area contributed by atoms with Gasteiger partial charge >= 0.3 is 0 Å². The lowest BCUT2D eigenvalue weighted by atomic mass is 10.0. The van der Waals surface area contributed by atoms with Crippen molar-refractivity contribution >= 4 is 34.0 Å². The van der Waals surface area contributed by atoms with Gasteiger partial charge in [0.05, 0.1) is 0 Å². The molecule has 0 aliphatic heterocycles. The van der Waals surface area contributed by atoms with Crippen LogP contribution in [-0.4, -0.2) is 0 Å². The average molecular weight is 276 g/mol. The second-order valence-electron chi connectivity index (χ2n) is 3.98. The molecule has 0 aliphatic carbocycles. The van der Waals surface area contributed by atoms with Gasteiger partial charge in [0.2, 0.25) is 0 Å². The zero-order valence-corrected chi connectivity index (χ0v) is 12.1. The van der Waals surface area contributed by atoms with Crippen molar-refractivity contribution in [3.8, 4) is 22.3 Å². The quantitative estimate of drug-likeness (QED) is 0.553. The second-order valence-corrected chi connectivity index (χ2v) is 6.96. The Morgan fingerprint density at radius 2 is 1.18 bits per heavy atom. The summed E-state index contributed by atoms with van der Waals surface area (Å²) in [7, 11) is 0. The van der Waals surface area contributed by atoms with Gasteiger partial charge < -0.3 is 0 Å². The van der Waals surface area contributed by atoms with E-state index in [0.29, 0.717) is 0 Å². The van der Waals surface area contributed by atoms with Gasteiger partial charge in [0.25, 0.3) is 0 Å². The Bertz CT molecular complexity index is 585. The number of hydrogen-bond acceptors (Lipinski definition) is 3. The fourth-order valence-corrected chi connectivity index (χ4v) is 4.32. The van der Waals surface area contributed by atoms with E-state index < -0.39 is 0 Å². The first-order valence-electron chi connectivity index (χ1n) is 5.42. The van der Waals surface area contributed by atoms with Gasteiger partial charge in [-0.25, -0.2) is 0 Å². The highest BCUT2D eigenvalue weighted by Gasteiger charge is 2.13. The van der Waals surface area contributed by atoms with E-state index in [4.69, 9.17) is 0 Å². The third kappa shape index (κ3) is 1.88. The molecule has 0 spiro atoms. The zero-order valence-electron chi connectivity index (χ0n) is 9.69. The normalized spacial score (nSPS) is 10.9. The molecule has 3 heterocycles. The van der Waals surface area contributed by atoms with Gasteiger partial charge in [0, 0.05) is 20.9 Å². The molecule has 0 aliphatic rings. The molecule has 3 aromatic rings. The fourth-order valence-electron chi connectivity index (χ4n) is 2.04. The third-order valence-electron chi connectivity index (χ3n) is 2.96. The van der Waals surface area contributed by atoms with E-state index in [1.165, 1.54) is 32.0 Å². The van der Waals surface area contributed by atoms with Crippen LogP contribution < -0.4 is 0 Å². The van der Waals surface area contributed by atoms with Crippen molar-refractivity contribution in [1.82, 2.24) is 0 Å². The maximum atomic E-state index is 2.27. The van der Waals surface area contributed by atoms with Crippen LogP contribution >= 0.6 is 34.0 Å². The molecule has 3 heteroatoms. The minimum Gasteiger partial charge on any atom is -0.151 e. The largest absolute Gasteiger partial charge is 0.151 e. The summed E-state index contributed by atoms with van der Waals surface area (Å²) in [6.45, 7) is 4.39.